The first-order chi connectivity index (χ1) is 9.98. The molecular formula is C14H14N2O5. The Bertz CT molecular complexity index is 577. The van der Waals surface area contributed by atoms with Crippen molar-refractivity contribution in [3.8, 4) is 0 Å². The molecule has 0 radical (unpaired) electrons. The van der Waals surface area contributed by atoms with Gasteiger partial charge in [-0.3, -0.25) is 25.0 Å². The van der Waals surface area contributed by atoms with Gasteiger partial charge in [0.15, 0.2) is 0 Å². The maximum absolute atomic E-state index is 12.1. The van der Waals surface area contributed by atoms with E-state index in [0.717, 1.165) is 0 Å². The van der Waals surface area contributed by atoms with Crippen molar-refractivity contribution in [2.45, 2.75) is 25.4 Å². The van der Waals surface area contributed by atoms with Crippen LogP contribution in [0.4, 0.5) is 4.79 Å². The van der Waals surface area contributed by atoms with Gasteiger partial charge in [0, 0.05) is 12.8 Å². The van der Waals surface area contributed by atoms with Crippen molar-refractivity contribution >= 4 is 23.8 Å². The molecule has 0 aliphatic carbocycles. The van der Waals surface area contributed by atoms with Gasteiger partial charge < -0.3 is 4.74 Å². The van der Waals surface area contributed by atoms with E-state index in [9.17, 15) is 19.2 Å². The number of nitrogens with one attached hydrogen (secondary N) is 2. The lowest BCUT2D eigenvalue weighted by Gasteiger charge is -2.33. The van der Waals surface area contributed by atoms with Gasteiger partial charge in [-0.05, 0) is 5.56 Å². The van der Waals surface area contributed by atoms with Crippen molar-refractivity contribution in [3.05, 3.63) is 35.9 Å². The molecule has 21 heavy (non-hydrogen) atoms. The average molecular weight is 290 g/mol. The number of amides is 4. The molecule has 7 nitrogen and oxygen atoms in total. The van der Waals surface area contributed by atoms with Crippen LogP contribution in [-0.4, -0.2) is 29.4 Å². The Kier molecular flexibility index (Phi) is 4.02. The quantitative estimate of drug-likeness (QED) is 0.613. The zero-order valence-electron chi connectivity index (χ0n) is 11.3. The summed E-state index contributed by atoms with van der Waals surface area (Å²) in [5.74, 6) is -2.59. The maximum Gasteiger partial charge on any atom is 0.328 e. The average Bonchev–Trinajstić information content (AvgIpc) is 2.45. The summed E-state index contributed by atoms with van der Waals surface area (Å²) in [6.07, 6.45) is -0.143. The molecule has 1 fully saturated rings. The highest BCUT2D eigenvalue weighted by Crippen LogP contribution is 2.22. The summed E-state index contributed by atoms with van der Waals surface area (Å²) in [5, 5.41) is 3.93. The number of carbonyl (C=O) groups excluding carboxylic acids is 4. The van der Waals surface area contributed by atoms with Crippen LogP contribution in [0.25, 0.3) is 0 Å². The van der Waals surface area contributed by atoms with Crippen molar-refractivity contribution in [1.29, 1.82) is 0 Å². The summed E-state index contributed by atoms with van der Waals surface area (Å²) < 4.78 is 5.09. The Hall–Kier alpha value is -2.70. The molecule has 1 heterocycles. The summed E-state index contributed by atoms with van der Waals surface area (Å²) in [6.45, 7) is 1.54. The van der Waals surface area contributed by atoms with Gasteiger partial charge >= 0.3 is 12.0 Å². The van der Waals surface area contributed by atoms with Crippen molar-refractivity contribution in [1.82, 2.24) is 10.6 Å². The lowest BCUT2D eigenvalue weighted by atomic mass is 9.91. The van der Waals surface area contributed by atoms with E-state index in [1.165, 1.54) is 0 Å². The van der Waals surface area contributed by atoms with Crippen LogP contribution in [0.2, 0.25) is 0 Å². The molecule has 0 spiro atoms. The van der Waals surface area contributed by atoms with Crippen LogP contribution in [0.3, 0.4) is 0 Å². The van der Waals surface area contributed by atoms with E-state index in [0.29, 0.717) is 5.56 Å². The molecule has 0 bridgehead atoms. The van der Waals surface area contributed by atoms with Crippen LogP contribution in [0.1, 0.15) is 18.9 Å². The number of hydrogen-bond donors (Lipinski definition) is 2. The molecule has 1 aliphatic heterocycles. The minimum Gasteiger partial charge on any atom is -0.438 e. The van der Waals surface area contributed by atoms with Crippen molar-refractivity contribution in [2.24, 2.45) is 0 Å². The topological polar surface area (TPSA) is 102 Å². The largest absolute Gasteiger partial charge is 0.438 e. The number of barbiturate groups is 1. The van der Waals surface area contributed by atoms with Crippen LogP contribution in [0.15, 0.2) is 30.3 Å². The predicted molar refractivity (Wildman–Crippen MR) is 70.9 cm³/mol. The number of benzene rings is 1. The normalized spacial score (nSPS) is 16.9. The number of ether oxygens (including phenoxy) is 1. The number of hydrogen-bond acceptors (Lipinski definition) is 5. The highest BCUT2D eigenvalue weighted by molar-refractivity contribution is 6.22. The van der Waals surface area contributed by atoms with Crippen molar-refractivity contribution in [2.75, 3.05) is 0 Å². The maximum atomic E-state index is 12.1. The van der Waals surface area contributed by atoms with Crippen LogP contribution in [-0.2, 0) is 25.5 Å². The van der Waals surface area contributed by atoms with Crippen LogP contribution >= 0.6 is 0 Å². The molecule has 110 valence electrons. The van der Waals surface area contributed by atoms with Gasteiger partial charge in [0.2, 0.25) is 0 Å². The zero-order valence-corrected chi connectivity index (χ0v) is 11.3. The fraction of sp³-hybridized carbons (Fsp3) is 0.286. The van der Waals surface area contributed by atoms with E-state index in [2.05, 4.69) is 0 Å². The van der Waals surface area contributed by atoms with Gasteiger partial charge in [-0.2, -0.15) is 0 Å². The second-order valence-corrected chi connectivity index (χ2v) is 4.55. The minimum atomic E-state index is -2.07. The molecule has 0 aromatic heterocycles. The van der Waals surface area contributed by atoms with Gasteiger partial charge in [-0.1, -0.05) is 37.3 Å². The number of esters is 1. The monoisotopic (exact) mass is 290 g/mol. The smallest absolute Gasteiger partial charge is 0.328 e. The second kappa shape index (κ2) is 5.74. The van der Waals surface area contributed by atoms with E-state index >= 15 is 0 Å². The van der Waals surface area contributed by atoms with Gasteiger partial charge in [0.25, 0.3) is 17.4 Å². The molecule has 7 heteroatoms. The number of rotatable bonds is 4. The Labute approximate surface area is 120 Å². The summed E-state index contributed by atoms with van der Waals surface area (Å²) in [4.78, 5) is 47.0. The second-order valence-electron chi connectivity index (χ2n) is 4.55. The van der Waals surface area contributed by atoms with Gasteiger partial charge in [0.1, 0.15) is 0 Å². The summed E-state index contributed by atoms with van der Waals surface area (Å²) >= 11 is 0. The first-order valence-corrected chi connectivity index (χ1v) is 6.40. The fourth-order valence-corrected chi connectivity index (χ4v) is 1.98. The Morgan fingerprint density at radius 3 is 2.19 bits per heavy atom. The molecular weight excluding hydrogens is 276 g/mol. The van der Waals surface area contributed by atoms with E-state index in [-0.39, 0.29) is 12.8 Å². The first-order valence-electron chi connectivity index (χ1n) is 6.40. The molecule has 1 aromatic rings. The predicted octanol–water partition coefficient (Wildman–Crippen LogP) is 0.287. The highest BCUT2D eigenvalue weighted by atomic mass is 16.6. The zero-order chi connectivity index (χ0) is 15.5. The summed E-state index contributed by atoms with van der Waals surface area (Å²) in [5.41, 5.74) is -1.44. The molecule has 1 aromatic carbocycles. The molecule has 4 amide bonds. The highest BCUT2D eigenvalue weighted by Gasteiger charge is 2.53. The molecule has 0 saturated carbocycles. The van der Waals surface area contributed by atoms with Crippen molar-refractivity contribution < 1.29 is 23.9 Å². The number of urea groups is 1. The van der Waals surface area contributed by atoms with Gasteiger partial charge in [-0.25, -0.2) is 4.79 Å². The third-order valence-electron chi connectivity index (χ3n) is 3.06. The van der Waals surface area contributed by atoms with E-state index in [4.69, 9.17) is 4.74 Å². The number of imide groups is 2. The molecule has 2 rings (SSSR count). The SMILES string of the molecule is CCC(=O)OC1(Cc2ccccc2)C(=O)NC(=O)NC1=O. The first kappa shape index (κ1) is 14.7. The van der Waals surface area contributed by atoms with Crippen LogP contribution < -0.4 is 10.6 Å². The summed E-state index contributed by atoms with van der Waals surface area (Å²) in [6, 6.07) is 7.69. The summed E-state index contributed by atoms with van der Waals surface area (Å²) in [7, 11) is 0. The molecule has 0 unspecified atom stereocenters. The Morgan fingerprint density at radius 2 is 1.67 bits per heavy atom. The van der Waals surface area contributed by atoms with Crippen LogP contribution in [0.5, 0.6) is 0 Å². The Balaban J connectivity index is 2.38. The van der Waals surface area contributed by atoms with Gasteiger partial charge in [0.05, 0.1) is 0 Å². The van der Waals surface area contributed by atoms with Crippen molar-refractivity contribution in [3.63, 3.8) is 0 Å². The third kappa shape index (κ3) is 2.91. The molecule has 0 atom stereocenters. The minimum absolute atomic E-state index is 0.00501. The van der Waals surface area contributed by atoms with E-state index < -0.39 is 29.4 Å². The number of carbonyl (C=O) groups is 4. The lowest BCUT2D eigenvalue weighted by molar-refractivity contribution is -0.175. The standard InChI is InChI=1S/C14H14N2O5/c1-2-10(17)21-14(8-9-6-4-3-5-7-9)11(18)15-13(20)16-12(14)19/h3-7H,2,8H2,1H3,(H2,15,16,18,19,20). The van der Waals surface area contributed by atoms with E-state index in [1.807, 2.05) is 10.6 Å². The molecule has 1 aliphatic rings. The van der Waals surface area contributed by atoms with Gasteiger partial charge in [-0.15, -0.1) is 0 Å². The fourth-order valence-electron chi connectivity index (χ4n) is 1.98. The lowest BCUT2D eigenvalue weighted by Crippen LogP contribution is -2.69. The molecule has 1 saturated heterocycles. The molecule has 2 N–H and O–H groups in total. The van der Waals surface area contributed by atoms with E-state index in [1.54, 1.807) is 37.3 Å². The van der Waals surface area contributed by atoms with Crippen LogP contribution in [0, 0.1) is 0 Å². The Morgan fingerprint density at radius 1 is 1.10 bits per heavy atom. The third-order valence-corrected chi connectivity index (χ3v) is 3.06.